The normalized spacial score (nSPS) is 33.7. The molecule has 3 heteroatoms. The van der Waals surface area contributed by atoms with Crippen molar-refractivity contribution in [3.05, 3.63) is 4.91 Å². The quantitative estimate of drug-likeness (QED) is 0.626. The van der Waals surface area contributed by atoms with Crippen LogP contribution < -0.4 is 5.18 Å². The van der Waals surface area contributed by atoms with Crippen LogP contribution in [0.1, 0.15) is 26.2 Å². The largest absolute Gasteiger partial charge is 0.358 e. The lowest BCUT2D eigenvalue weighted by Crippen LogP contribution is -2.77. The molecule has 0 bridgehead atoms. The minimum atomic E-state index is -0.0652. The minimum absolute atomic E-state index is 0.00250. The number of nitroso groups, excluding NO2 is 1. The fourth-order valence-corrected chi connectivity index (χ4v) is 1.80. The lowest BCUT2D eigenvalue weighted by molar-refractivity contribution is -0.543. The number of terminal acetylenes is 1. The predicted octanol–water partition coefficient (Wildman–Crippen LogP) is 0.0404. The van der Waals surface area contributed by atoms with Gasteiger partial charge < -0.3 is 4.74 Å². The molecule has 0 radical (unpaired) electrons. The molecule has 3 atom stereocenters. The molecule has 0 aromatic heterocycles. The van der Waals surface area contributed by atoms with Crippen molar-refractivity contribution in [2.45, 2.75) is 38.3 Å². The highest BCUT2D eigenvalue weighted by molar-refractivity contribution is 4.85. The first-order valence-corrected chi connectivity index (χ1v) is 4.70. The van der Waals surface area contributed by atoms with E-state index in [2.05, 4.69) is 12.8 Å². The number of hydrogen-bond acceptors (Lipinski definition) is 2. The summed E-state index contributed by atoms with van der Waals surface area (Å²) in [6.07, 6.45) is 8.01. The van der Waals surface area contributed by atoms with Crippen molar-refractivity contribution >= 4 is 0 Å². The molecule has 0 spiro atoms. The van der Waals surface area contributed by atoms with Gasteiger partial charge in [-0.25, -0.2) is 0 Å². The van der Waals surface area contributed by atoms with Crippen molar-refractivity contribution in [2.24, 2.45) is 5.92 Å². The summed E-state index contributed by atoms with van der Waals surface area (Å²) in [5.74, 6) is 3.05. The Balaban J connectivity index is 2.45. The molecule has 0 saturated heterocycles. The van der Waals surface area contributed by atoms with Crippen molar-refractivity contribution in [3.8, 4) is 12.3 Å². The van der Waals surface area contributed by atoms with Crippen molar-refractivity contribution in [1.29, 1.82) is 0 Å². The maximum Gasteiger partial charge on any atom is 0.224 e. The number of ether oxygens (including phenoxy) is 1. The summed E-state index contributed by atoms with van der Waals surface area (Å²) in [6, 6.07) is -0.0652. The second-order valence-electron chi connectivity index (χ2n) is 3.70. The van der Waals surface area contributed by atoms with E-state index in [9.17, 15) is 4.91 Å². The second-order valence-corrected chi connectivity index (χ2v) is 3.70. The fourth-order valence-electron chi connectivity index (χ4n) is 1.80. The third kappa shape index (κ3) is 2.82. The van der Waals surface area contributed by atoms with Gasteiger partial charge in [-0.3, -0.25) is 0 Å². The first-order chi connectivity index (χ1) is 6.27. The summed E-state index contributed by atoms with van der Waals surface area (Å²) < 4.78 is 5.41. The molecule has 1 aliphatic rings. The molecule has 72 valence electrons. The maximum absolute atomic E-state index is 10.6. The van der Waals surface area contributed by atoms with Gasteiger partial charge in [-0.05, 0) is 23.9 Å². The molecule has 1 rings (SSSR count). The zero-order valence-corrected chi connectivity index (χ0v) is 7.95. The molecule has 13 heavy (non-hydrogen) atoms. The lowest BCUT2D eigenvalue weighted by atomic mass is 9.85. The van der Waals surface area contributed by atoms with Gasteiger partial charge in [-0.15, -0.1) is 6.42 Å². The van der Waals surface area contributed by atoms with E-state index in [4.69, 9.17) is 11.2 Å². The smallest absolute Gasteiger partial charge is 0.224 e. The Morgan fingerprint density at radius 2 is 2.38 bits per heavy atom. The van der Waals surface area contributed by atoms with E-state index < -0.39 is 0 Å². The average molecular weight is 182 g/mol. The highest BCUT2D eigenvalue weighted by atomic mass is 16.5. The summed E-state index contributed by atoms with van der Waals surface area (Å²) in [6.45, 7) is 2.48. The van der Waals surface area contributed by atoms with Gasteiger partial charge in [0.1, 0.15) is 12.7 Å². The van der Waals surface area contributed by atoms with E-state index in [0.717, 1.165) is 19.3 Å². The molecule has 1 saturated carbocycles. The van der Waals surface area contributed by atoms with Crippen LogP contribution in [0.5, 0.6) is 0 Å². The molecule has 0 aromatic carbocycles. The number of nitrogens with one attached hydrogen (secondary N) is 1. The molecule has 3 nitrogen and oxygen atoms in total. The maximum atomic E-state index is 10.6. The van der Waals surface area contributed by atoms with Crippen LogP contribution in [0, 0.1) is 23.2 Å². The van der Waals surface area contributed by atoms with Crippen LogP contribution >= 0.6 is 0 Å². The van der Waals surface area contributed by atoms with Crippen LogP contribution in [-0.2, 0) is 4.74 Å². The third-order valence-corrected chi connectivity index (χ3v) is 2.59. The summed E-state index contributed by atoms with van der Waals surface area (Å²) in [5, 5.41) is 2.04. The van der Waals surface area contributed by atoms with Crippen LogP contribution in [-0.4, -0.2) is 18.8 Å². The predicted molar refractivity (Wildman–Crippen MR) is 49.7 cm³/mol. The van der Waals surface area contributed by atoms with Crippen LogP contribution in [0.4, 0.5) is 0 Å². The number of rotatable bonds is 3. The van der Waals surface area contributed by atoms with E-state index in [-0.39, 0.29) is 12.1 Å². The topological polar surface area (TPSA) is 40.3 Å². The Kier molecular flexibility index (Phi) is 3.91. The molecule has 1 aliphatic carbocycles. The molecule has 0 heterocycles. The van der Waals surface area contributed by atoms with Gasteiger partial charge in [-0.2, -0.15) is 0 Å². The monoisotopic (exact) mass is 182 g/mol. The molecule has 3 unspecified atom stereocenters. The highest BCUT2D eigenvalue weighted by Gasteiger charge is 2.34. The Morgan fingerprint density at radius 1 is 1.62 bits per heavy atom. The Morgan fingerprint density at radius 3 is 3.00 bits per heavy atom. The van der Waals surface area contributed by atoms with Gasteiger partial charge in [0.15, 0.2) is 0 Å². The SMILES string of the molecule is C#CCOC1CC(C)CCC1[NH+]=O. The zero-order chi connectivity index (χ0) is 9.68. The first-order valence-electron chi connectivity index (χ1n) is 4.70. The number of hydrogen-bond donors (Lipinski definition) is 1. The van der Waals surface area contributed by atoms with Gasteiger partial charge in [-0.1, -0.05) is 12.8 Å². The van der Waals surface area contributed by atoms with E-state index in [1.165, 1.54) is 0 Å². The molecule has 0 amide bonds. The van der Waals surface area contributed by atoms with Crippen LogP contribution in [0.3, 0.4) is 0 Å². The Bertz CT molecular complexity index is 209. The van der Waals surface area contributed by atoms with Crippen molar-refractivity contribution < 1.29 is 9.91 Å². The van der Waals surface area contributed by atoms with E-state index >= 15 is 0 Å². The van der Waals surface area contributed by atoms with Gasteiger partial charge >= 0.3 is 0 Å². The molecule has 1 N–H and O–H groups in total. The Hall–Kier alpha value is -0.880. The van der Waals surface area contributed by atoms with Gasteiger partial charge in [0.05, 0.1) is 0 Å². The standard InChI is InChI=1S/C10H15NO2/c1-3-6-13-10-7-8(2)4-5-9(10)11-12/h1,8-10H,4-7H2,2H3/p+1. The molecule has 0 aromatic rings. The summed E-state index contributed by atoms with van der Waals surface area (Å²) >= 11 is 0. The second kappa shape index (κ2) is 4.98. The van der Waals surface area contributed by atoms with Gasteiger partial charge in [0.2, 0.25) is 6.04 Å². The van der Waals surface area contributed by atoms with Gasteiger partial charge in [0.25, 0.3) is 0 Å². The van der Waals surface area contributed by atoms with Crippen LogP contribution in [0.25, 0.3) is 0 Å². The molecular formula is C10H16NO2+. The van der Waals surface area contributed by atoms with E-state index in [0.29, 0.717) is 12.5 Å². The van der Waals surface area contributed by atoms with Crippen LogP contribution in [0.2, 0.25) is 0 Å². The van der Waals surface area contributed by atoms with Crippen molar-refractivity contribution in [1.82, 2.24) is 0 Å². The Labute approximate surface area is 78.8 Å². The zero-order valence-electron chi connectivity index (χ0n) is 7.95. The van der Waals surface area contributed by atoms with Crippen molar-refractivity contribution in [2.75, 3.05) is 6.61 Å². The fraction of sp³-hybridized carbons (Fsp3) is 0.800. The molecule has 1 fully saturated rings. The van der Waals surface area contributed by atoms with Crippen LogP contribution in [0.15, 0.2) is 0 Å². The summed E-state index contributed by atoms with van der Waals surface area (Å²) in [4.78, 5) is 10.6. The molecule has 0 aliphatic heterocycles. The minimum Gasteiger partial charge on any atom is -0.358 e. The molecular weight excluding hydrogens is 166 g/mol. The van der Waals surface area contributed by atoms with Gasteiger partial charge in [0, 0.05) is 11.3 Å². The lowest BCUT2D eigenvalue weighted by Gasteiger charge is -2.26. The van der Waals surface area contributed by atoms with Crippen molar-refractivity contribution in [3.63, 3.8) is 0 Å². The van der Waals surface area contributed by atoms with E-state index in [1.807, 2.05) is 5.18 Å². The average Bonchev–Trinajstić information content (AvgIpc) is 2.15. The summed E-state index contributed by atoms with van der Waals surface area (Å²) in [5.41, 5.74) is 0. The first kappa shape index (κ1) is 10.2. The highest BCUT2D eigenvalue weighted by Crippen LogP contribution is 2.24. The summed E-state index contributed by atoms with van der Waals surface area (Å²) in [7, 11) is 0. The third-order valence-electron chi connectivity index (χ3n) is 2.59. The van der Waals surface area contributed by atoms with E-state index in [1.54, 1.807) is 0 Å².